The van der Waals surface area contributed by atoms with Gasteiger partial charge in [0.2, 0.25) is 0 Å². The number of hydrogen-bond acceptors (Lipinski definition) is 2. The minimum absolute atomic E-state index is 0.00653. The van der Waals surface area contributed by atoms with Crippen molar-refractivity contribution < 1.29 is 0 Å². The van der Waals surface area contributed by atoms with Gasteiger partial charge >= 0.3 is 0 Å². The number of nitrogens with zero attached hydrogens (tertiary/aromatic N) is 2. The first-order valence-corrected chi connectivity index (χ1v) is 9.43. The Morgan fingerprint density at radius 3 is 2.08 bits per heavy atom. The molecule has 0 aromatic heterocycles. The molecule has 0 amide bonds. The molecular weight excluding hydrogens is 316 g/mol. The molecule has 2 heteroatoms. The van der Waals surface area contributed by atoms with Crippen LogP contribution in [-0.2, 0) is 0 Å². The van der Waals surface area contributed by atoms with E-state index in [4.69, 9.17) is 0 Å². The van der Waals surface area contributed by atoms with E-state index in [1.165, 1.54) is 39.3 Å². The van der Waals surface area contributed by atoms with Crippen molar-refractivity contribution in [1.29, 1.82) is 0 Å². The summed E-state index contributed by atoms with van der Waals surface area (Å²) in [6.45, 7) is 13.6. The Labute approximate surface area is 157 Å². The second-order valence-corrected chi connectivity index (χ2v) is 8.16. The number of hydrogen-bond donors (Lipinski definition) is 0. The normalized spacial score (nSPS) is 20.9. The lowest BCUT2D eigenvalue weighted by molar-refractivity contribution is 0.188. The molecular formula is C24H28N2. The molecule has 2 aromatic carbocycles. The summed E-state index contributed by atoms with van der Waals surface area (Å²) in [5.74, 6) is 0. The Morgan fingerprint density at radius 1 is 0.808 bits per heavy atom. The molecule has 0 bridgehead atoms. The van der Waals surface area contributed by atoms with Crippen molar-refractivity contribution in [3.8, 4) is 0 Å². The minimum Gasteiger partial charge on any atom is -0.337 e. The SMILES string of the molecule is CC1=C2C=CC(C)(C)N2C(c2c(C)cccc2C)N1c1ccccc1C. The van der Waals surface area contributed by atoms with E-state index in [-0.39, 0.29) is 11.7 Å². The van der Waals surface area contributed by atoms with Gasteiger partial charge in [0.1, 0.15) is 6.17 Å². The van der Waals surface area contributed by atoms with Crippen LogP contribution in [-0.4, -0.2) is 10.4 Å². The highest BCUT2D eigenvalue weighted by atomic mass is 15.4. The van der Waals surface area contributed by atoms with E-state index in [1.54, 1.807) is 0 Å². The molecule has 26 heavy (non-hydrogen) atoms. The van der Waals surface area contributed by atoms with Crippen LogP contribution in [0, 0.1) is 20.8 Å². The van der Waals surface area contributed by atoms with E-state index < -0.39 is 0 Å². The summed E-state index contributed by atoms with van der Waals surface area (Å²) in [6.07, 6.45) is 4.81. The Balaban J connectivity index is 1.98. The topological polar surface area (TPSA) is 6.48 Å². The third kappa shape index (κ3) is 2.32. The van der Waals surface area contributed by atoms with Crippen LogP contribution in [0.2, 0.25) is 0 Å². The number of rotatable bonds is 2. The lowest BCUT2D eigenvalue weighted by Gasteiger charge is -2.42. The zero-order chi connectivity index (χ0) is 18.6. The Morgan fingerprint density at radius 2 is 1.42 bits per heavy atom. The third-order valence-electron chi connectivity index (χ3n) is 5.93. The summed E-state index contributed by atoms with van der Waals surface area (Å²) in [5.41, 5.74) is 9.39. The van der Waals surface area contributed by atoms with E-state index in [9.17, 15) is 0 Å². The molecule has 1 unspecified atom stereocenters. The Hall–Kier alpha value is -2.48. The maximum Gasteiger partial charge on any atom is 0.133 e. The van der Waals surface area contributed by atoms with Crippen molar-refractivity contribution in [3.05, 3.63) is 88.3 Å². The summed E-state index contributed by atoms with van der Waals surface area (Å²) in [4.78, 5) is 5.12. The highest BCUT2D eigenvalue weighted by Gasteiger charge is 2.47. The highest BCUT2D eigenvalue weighted by molar-refractivity contribution is 5.65. The van der Waals surface area contributed by atoms with Crippen LogP contribution in [0.3, 0.4) is 0 Å². The van der Waals surface area contributed by atoms with Crippen LogP contribution in [0.5, 0.6) is 0 Å². The number of fused-ring (bicyclic) bond motifs is 1. The summed E-state index contributed by atoms with van der Waals surface area (Å²) < 4.78 is 0. The molecule has 1 atom stereocenters. The zero-order valence-electron chi connectivity index (χ0n) is 16.7. The van der Waals surface area contributed by atoms with Gasteiger partial charge in [0, 0.05) is 16.9 Å². The Kier molecular flexibility index (Phi) is 3.76. The number of para-hydroxylation sites is 1. The fourth-order valence-corrected chi connectivity index (χ4v) is 4.56. The van der Waals surface area contributed by atoms with E-state index in [0.717, 1.165) is 0 Å². The minimum atomic E-state index is -0.00653. The molecule has 0 N–H and O–H groups in total. The fourth-order valence-electron chi connectivity index (χ4n) is 4.56. The largest absolute Gasteiger partial charge is 0.337 e. The lowest BCUT2D eigenvalue weighted by Crippen LogP contribution is -2.43. The van der Waals surface area contributed by atoms with Crippen molar-refractivity contribution in [2.45, 2.75) is 53.2 Å². The summed E-state index contributed by atoms with van der Waals surface area (Å²) in [5, 5.41) is 0. The second kappa shape index (κ2) is 5.77. The number of benzene rings is 2. The first kappa shape index (κ1) is 17.0. The van der Waals surface area contributed by atoms with Crippen LogP contribution in [0.4, 0.5) is 5.69 Å². The molecule has 2 heterocycles. The number of allylic oxidation sites excluding steroid dienone is 2. The molecule has 2 aliphatic heterocycles. The van der Waals surface area contributed by atoms with Gasteiger partial charge in [-0.15, -0.1) is 0 Å². The van der Waals surface area contributed by atoms with Gasteiger partial charge in [-0.2, -0.15) is 0 Å². The van der Waals surface area contributed by atoms with E-state index in [1.807, 2.05) is 0 Å². The number of anilines is 1. The van der Waals surface area contributed by atoms with Crippen molar-refractivity contribution >= 4 is 5.69 Å². The van der Waals surface area contributed by atoms with Crippen LogP contribution in [0.25, 0.3) is 0 Å². The third-order valence-corrected chi connectivity index (χ3v) is 5.93. The predicted molar refractivity (Wildman–Crippen MR) is 110 cm³/mol. The van der Waals surface area contributed by atoms with Crippen LogP contribution >= 0.6 is 0 Å². The molecule has 0 saturated heterocycles. The van der Waals surface area contributed by atoms with E-state index >= 15 is 0 Å². The fraction of sp³-hybridized carbons (Fsp3) is 0.333. The van der Waals surface area contributed by atoms with E-state index in [0.29, 0.717) is 0 Å². The summed E-state index contributed by atoms with van der Waals surface area (Å²) in [7, 11) is 0. The molecule has 0 saturated carbocycles. The van der Waals surface area contributed by atoms with Crippen molar-refractivity contribution in [2.24, 2.45) is 0 Å². The van der Waals surface area contributed by atoms with Gasteiger partial charge < -0.3 is 9.80 Å². The molecule has 2 nitrogen and oxygen atoms in total. The molecule has 0 fully saturated rings. The predicted octanol–water partition coefficient (Wildman–Crippen LogP) is 6.01. The van der Waals surface area contributed by atoms with Gasteiger partial charge in [0.15, 0.2) is 0 Å². The quantitative estimate of drug-likeness (QED) is 0.658. The van der Waals surface area contributed by atoms with Crippen LogP contribution < -0.4 is 4.90 Å². The maximum absolute atomic E-state index is 2.59. The van der Waals surface area contributed by atoms with E-state index in [2.05, 4.69) is 106 Å². The van der Waals surface area contributed by atoms with Gasteiger partial charge in [0.25, 0.3) is 0 Å². The first-order chi connectivity index (χ1) is 12.3. The average Bonchev–Trinajstić information content (AvgIpc) is 3.04. The van der Waals surface area contributed by atoms with Crippen LogP contribution in [0.15, 0.2) is 66.0 Å². The smallest absolute Gasteiger partial charge is 0.133 e. The average molecular weight is 345 g/mol. The van der Waals surface area contributed by atoms with Gasteiger partial charge in [-0.3, -0.25) is 0 Å². The van der Waals surface area contributed by atoms with Crippen LogP contribution in [0.1, 0.15) is 49.2 Å². The lowest BCUT2D eigenvalue weighted by atomic mass is 9.95. The van der Waals surface area contributed by atoms with Gasteiger partial charge in [-0.05, 0) is 70.4 Å². The second-order valence-electron chi connectivity index (χ2n) is 8.16. The molecule has 0 aliphatic carbocycles. The molecule has 0 spiro atoms. The van der Waals surface area contributed by atoms with Crippen molar-refractivity contribution in [3.63, 3.8) is 0 Å². The summed E-state index contributed by atoms with van der Waals surface area (Å²) in [6, 6.07) is 15.4. The van der Waals surface area contributed by atoms with Gasteiger partial charge in [-0.1, -0.05) is 42.5 Å². The van der Waals surface area contributed by atoms with Crippen molar-refractivity contribution in [1.82, 2.24) is 4.90 Å². The molecule has 4 rings (SSSR count). The zero-order valence-corrected chi connectivity index (χ0v) is 16.7. The van der Waals surface area contributed by atoms with Crippen molar-refractivity contribution in [2.75, 3.05) is 4.90 Å². The Bertz CT molecular complexity index is 913. The number of aryl methyl sites for hydroxylation is 3. The standard InChI is InChI=1S/C24H28N2/c1-16-10-7-8-13-20(16)25-19(4)21-14-15-24(5,6)26(21)23(25)22-17(2)11-9-12-18(22)3/h7-15,23H,1-6H3. The molecule has 2 aromatic rings. The van der Waals surface area contributed by atoms with Gasteiger partial charge in [-0.25, -0.2) is 0 Å². The van der Waals surface area contributed by atoms with Gasteiger partial charge in [0.05, 0.1) is 11.2 Å². The summed E-state index contributed by atoms with van der Waals surface area (Å²) >= 11 is 0. The molecule has 134 valence electrons. The molecule has 2 aliphatic rings. The molecule has 0 radical (unpaired) electrons. The first-order valence-electron chi connectivity index (χ1n) is 9.43. The highest BCUT2D eigenvalue weighted by Crippen LogP contribution is 2.51. The maximum atomic E-state index is 2.59. The monoisotopic (exact) mass is 344 g/mol.